The second-order valence-electron chi connectivity index (χ2n) is 10.6. The van der Waals surface area contributed by atoms with Crippen LogP contribution in [0.1, 0.15) is 0 Å². The smallest absolute Gasteiger partial charge is 0.00338 e. The van der Waals surface area contributed by atoms with Crippen LogP contribution in [-0.4, -0.2) is 0 Å². The molecule has 0 saturated carbocycles. The standard InChI is InChI=1S/C42H34S2/c1-7-20-35(21-8-1)43(36-22-9-2-10-23-36,37-24-11-3-12-25-37)41-32-19-33-42(34-41)44(38-26-13-4-14-27-38,39-28-15-5-16-29-39)40-30-17-6-18-31-40/h1-34H. The maximum atomic E-state index is 2.53. The minimum atomic E-state index is -1.83. The van der Waals surface area contributed by atoms with E-state index >= 15 is 0 Å². The number of hydrogen-bond acceptors (Lipinski definition) is 0. The van der Waals surface area contributed by atoms with Crippen molar-refractivity contribution in [3.8, 4) is 0 Å². The maximum absolute atomic E-state index is 2.53. The van der Waals surface area contributed by atoms with Crippen LogP contribution in [0.15, 0.2) is 245 Å². The first-order valence-corrected chi connectivity index (χ1v) is 18.2. The molecule has 0 unspecified atom stereocenters. The van der Waals surface area contributed by atoms with Crippen LogP contribution in [0.2, 0.25) is 0 Å². The molecular formula is C42H34S2. The fourth-order valence-corrected chi connectivity index (χ4v) is 14.1. The van der Waals surface area contributed by atoms with E-state index in [2.05, 4.69) is 206 Å². The van der Waals surface area contributed by atoms with Crippen LogP contribution < -0.4 is 0 Å². The van der Waals surface area contributed by atoms with Gasteiger partial charge in [-0.3, -0.25) is 0 Å². The SMILES string of the molecule is c1ccc(S(c2ccccc2)(c2ccccc2)c2cccc(S(c3ccccc3)(c3ccccc3)c3ccccc3)c2)cc1. The molecule has 214 valence electrons. The van der Waals surface area contributed by atoms with Crippen LogP contribution in [0.4, 0.5) is 0 Å². The number of hydrogen-bond donors (Lipinski definition) is 0. The van der Waals surface area contributed by atoms with Gasteiger partial charge in [-0.15, -0.1) is 20.1 Å². The summed E-state index contributed by atoms with van der Waals surface area (Å²) in [5, 5.41) is 0. The van der Waals surface area contributed by atoms with Crippen molar-refractivity contribution < 1.29 is 0 Å². The van der Waals surface area contributed by atoms with Gasteiger partial charge in [-0.25, -0.2) is 0 Å². The minimum Gasteiger partial charge on any atom is -0.133 e. The molecule has 0 aliphatic carbocycles. The molecule has 0 nitrogen and oxygen atoms in total. The van der Waals surface area contributed by atoms with Gasteiger partial charge in [-0.2, -0.15) is 0 Å². The summed E-state index contributed by atoms with van der Waals surface area (Å²) in [7, 11) is -3.65. The zero-order chi connectivity index (χ0) is 29.7. The first-order valence-electron chi connectivity index (χ1n) is 14.9. The van der Waals surface area contributed by atoms with Crippen LogP contribution in [0.3, 0.4) is 0 Å². The Morgan fingerprint density at radius 3 is 0.568 bits per heavy atom. The Hall–Kier alpha value is -4.76. The van der Waals surface area contributed by atoms with Crippen LogP contribution in [0.5, 0.6) is 0 Å². The van der Waals surface area contributed by atoms with E-state index in [1.165, 1.54) is 39.2 Å². The van der Waals surface area contributed by atoms with E-state index < -0.39 is 20.1 Å². The Balaban J connectivity index is 1.61. The highest BCUT2D eigenvalue weighted by molar-refractivity contribution is 8.34. The third kappa shape index (κ3) is 4.77. The molecule has 0 saturated heterocycles. The van der Waals surface area contributed by atoms with Gasteiger partial charge >= 0.3 is 0 Å². The molecule has 7 rings (SSSR count). The molecule has 0 aliphatic heterocycles. The first kappa shape index (κ1) is 28.0. The summed E-state index contributed by atoms with van der Waals surface area (Å²) < 4.78 is 0. The molecule has 2 heteroatoms. The second-order valence-corrected chi connectivity index (χ2v) is 16.8. The molecule has 0 bridgehead atoms. The van der Waals surface area contributed by atoms with Crippen LogP contribution >= 0.6 is 20.1 Å². The Morgan fingerprint density at radius 1 is 0.182 bits per heavy atom. The molecule has 0 aromatic heterocycles. The Kier molecular flexibility index (Phi) is 7.94. The van der Waals surface area contributed by atoms with E-state index in [0.717, 1.165) is 0 Å². The van der Waals surface area contributed by atoms with Crippen molar-refractivity contribution >= 4 is 20.1 Å². The highest BCUT2D eigenvalue weighted by Gasteiger charge is 2.37. The fourth-order valence-electron chi connectivity index (χ4n) is 6.24. The van der Waals surface area contributed by atoms with E-state index in [4.69, 9.17) is 0 Å². The predicted octanol–water partition coefficient (Wildman–Crippen LogP) is 12.4. The minimum absolute atomic E-state index is 1.33. The van der Waals surface area contributed by atoms with Crippen molar-refractivity contribution in [3.05, 3.63) is 206 Å². The zero-order valence-electron chi connectivity index (χ0n) is 24.4. The average molecular weight is 603 g/mol. The zero-order valence-corrected chi connectivity index (χ0v) is 26.1. The summed E-state index contributed by atoms with van der Waals surface area (Å²) in [6, 6.07) is 76.2. The molecule has 7 aromatic carbocycles. The van der Waals surface area contributed by atoms with E-state index in [-0.39, 0.29) is 0 Å². The third-order valence-corrected chi connectivity index (χ3v) is 15.9. The average Bonchev–Trinajstić information content (AvgIpc) is 3.12. The maximum Gasteiger partial charge on any atom is 0.00338 e. The van der Waals surface area contributed by atoms with Gasteiger partial charge in [0.1, 0.15) is 0 Å². The monoisotopic (exact) mass is 602 g/mol. The van der Waals surface area contributed by atoms with Crippen LogP contribution in [0.25, 0.3) is 0 Å². The van der Waals surface area contributed by atoms with E-state index in [1.807, 2.05) is 0 Å². The highest BCUT2D eigenvalue weighted by Crippen LogP contribution is 2.77. The normalized spacial score (nSPS) is 12.4. The number of rotatable bonds is 8. The Morgan fingerprint density at radius 2 is 0.364 bits per heavy atom. The molecular weight excluding hydrogens is 569 g/mol. The van der Waals surface area contributed by atoms with Gasteiger partial charge in [0.2, 0.25) is 0 Å². The van der Waals surface area contributed by atoms with Crippen molar-refractivity contribution in [1.82, 2.24) is 0 Å². The van der Waals surface area contributed by atoms with E-state index in [9.17, 15) is 0 Å². The Bertz CT molecular complexity index is 1590. The molecule has 0 aliphatic rings. The lowest BCUT2D eigenvalue weighted by Crippen LogP contribution is -2.08. The third-order valence-electron chi connectivity index (χ3n) is 8.09. The van der Waals surface area contributed by atoms with Crippen molar-refractivity contribution in [2.24, 2.45) is 0 Å². The van der Waals surface area contributed by atoms with Gasteiger partial charge in [0, 0.05) is 39.2 Å². The summed E-state index contributed by atoms with van der Waals surface area (Å²) in [5.74, 6) is 0. The van der Waals surface area contributed by atoms with E-state index in [1.54, 1.807) is 0 Å². The van der Waals surface area contributed by atoms with Crippen LogP contribution in [-0.2, 0) is 0 Å². The quantitative estimate of drug-likeness (QED) is 0.162. The lowest BCUT2D eigenvalue weighted by molar-refractivity contribution is 1.18. The molecule has 0 atom stereocenters. The summed E-state index contributed by atoms with van der Waals surface area (Å²) in [5.41, 5.74) is 0. The highest BCUT2D eigenvalue weighted by atomic mass is 32.3. The largest absolute Gasteiger partial charge is 0.133 e. The number of benzene rings is 7. The molecule has 0 heterocycles. The molecule has 44 heavy (non-hydrogen) atoms. The molecule has 7 aromatic rings. The fraction of sp³-hybridized carbons (Fsp3) is 0. The summed E-state index contributed by atoms with van der Waals surface area (Å²) in [6.45, 7) is 0. The first-order chi connectivity index (χ1) is 21.8. The van der Waals surface area contributed by atoms with Gasteiger partial charge in [0.05, 0.1) is 0 Å². The lowest BCUT2D eigenvalue weighted by atomic mass is 10.3. The van der Waals surface area contributed by atoms with Crippen molar-refractivity contribution in [2.45, 2.75) is 39.2 Å². The summed E-state index contributed by atoms with van der Waals surface area (Å²) in [4.78, 5) is 10.6. The summed E-state index contributed by atoms with van der Waals surface area (Å²) in [6.07, 6.45) is 0. The molecule has 0 N–H and O–H groups in total. The van der Waals surface area contributed by atoms with Gasteiger partial charge in [-0.05, 0) is 91.0 Å². The van der Waals surface area contributed by atoms with Crippen LogP contribution in [0, 0.1) is 0 Å². The van der Waals surface area contributed by atoms with Crippen molar-refractivity contribution in [2.75, 3.05) is 0 Å². The van der Waals surface area contributed by atoms with Gasteiger partial charge < -0.3 is 0 Å². The predicted molar refractivity (Wildman–Crippen MR) is 186 cm³/mol. The topological polar surface area (TPSA) is 0 Å². The van der Waals surface area contributed by atoms with Gasteiger partial charge in [0.25, 0.3) is 0 Å². The molecule has 0 spiro atoms. The molecule has 0 fully saturated rings. The van der Waals surface area contributed by atoms with Gasteiger partial charge in [0.15, 0.2) is 0 Å². The molecule has 0 radical (unpaired) electrons. The van der Waals surface area contributed by atoms with Gasteiger partial charge in [-0.1, -0.05) is 115 Å². The van der Waals surface area contributed by atoms with Crippen molar-refractivity contribution in [1.29, 1.82) is 0 Å². The second kappa shape index (κ2) is 12.5. The van der Waals surface area contributed by atoms with E-state index in [0.29, 0.717) is 0 Å². The lowest BCUT2D eigenvalue weighted by Gasteiger charge is -2.45. The molecule has 0 amide bonds. The Labute approximate surface area is 264 Å². The summed E-state index contributed by atoms with van der Waals surface area (Å²) >= 11 is 0. The van der Waals surface area contributed by atoms with Crippen molar-refractivity contribution in [3.63, 3.8) is 0 Å².